The van der Waals surface area contributed by atoms with Crippen LogP contribution in [0.25, 0.3) is 0 Å². The Labute approximate surface area is 119 Å². The van der Waals surface area contributed by atoms with E-state index in [-0.39, 0.29) is 17.9 Å². The molecule has 2 rings (SSSR count). The largest absolute Gasteiger partial charge is 0.492 e. The van der Waals surface area contributed by atoms with E-state index in [4.69, 9.17) is 4.74 Å². The van der Waals surface area contributed by atoms with Gasteiger partial charge >= 0.3 is 0 Å². The highest BCUT2D eigenvalue weighted by atomic mass is 79.9. The lowest BCUT2D eigenvalue weighted by Gasteiger charge is -2.21. The summed E-state index contributed by atoms with van der Waals surface area (Å²) in [6.07, 6.45) is 0.930. The molecule has 1 fully saturated rings. The minimum Gasteiger partial charge on any atom is -0.492 e. The summed E-state index contributed by atoms with van der Waals surface area (Å²) in [4.78, 5) is 22.4. The molecule has 1 heterocycles. The number of piperidine rings is 1. The number of benzene rings is 1. The number of halogens is 1. The van der Waals surface area contributed by atoms with E-state index in [2.05, 4.69) is 26.6 Å². The number of hydrogen-bond acceptors (Lipinski definition) is 4. The van der Waals surface area contributed by atoms with Crippen LogP contribution in [0.2, 0.25) is 0 Å². The fourth-order valence-electron chi connectivity index (χ4n) is 1.82. The van der Waals surface area contributed by atoms with Crippen LogP contribution in [-0.2, 0) is 9.59 Å². The maximum atomic E-state index is 11.5. The second-order valence-electron chi connectivity index (χ2n) is 4.26. The number of rotatable bonds is 5. The zero-order chi connectivity index (χ0) is 13.7. The van der Waals surface area contributed by atoms with Crippen LogP contribution in [0.3, 0.4) is 0 Å². The molecule has 5 nitrogen and oxygen atoms in total. The first-order valence-corrected chi connectivity index (χ1v) is 6.90. The normalized spacial score (nSPS) is 19.1. The molecule has 0 spiro atoms. The summed E-state index contributed by atoms with van der Waals surface area (Å²) in [5.74, 6) is 0.335. The van der Waals surface area contributed by atoms with Gasteiger partial charge < -0.3 is 10.1 Å². The predicted octanol–water partition coefficient (Wildman–Crippen LogP) is 1.22. The van der Waals surface area contributed by atoms with Crippen molar-refractivity contribution >= 4 is 27.7 Å². The lowest BCUT2D eigenvalue weighted by molar-refractivity contribution is -0.134. The first-order chi connectivity index (χ1) is 9.15. The highest BCUT2D eigenvalue weighted by Crippen LogP contribution is 2.15. The minimum atomic E-state index is -0.300. The van der Waals surface area contributed by atoms with Gasteiger partial charge in [-0.15, -0.1) is 0 Å². The molecule has 6 heteroatoms. The maximum Gasteiger partial charge on any atom is 0.243 e. The fourth-order valence-corrected chi connectivity index (χ4v) is 2.09. The van der Waals surface area contributed by atoms with Crippen molar-refractivity contribution in [3.8, 4) is 5.75 Å². The third-order valence-corrected chi connectivity index (χ3v) is 3.34. The van der Waals surface area contributed by atoms with Crippen LogP contribution in [0.4, 0.5) is 0 Å². The molecule has 1 unspecified atom stereocenters. The van der Waals surface area contributed by atoms with E-state index < -0.39 is 0 Å². The third kappa shape index (κ3) is 4.33. The van der Waals surface area contributed by atoms with Crippen molar-refractivity contribution in [3.63, 3.8) is 0 Å². The van der Waals surface area contributed by atoms with Gasteiger partial charge in [-0.2, -0.15) is 0 Å². The number of carbonyl (C=O) groups excluding carboxylic acids is 2. The molecule has 102 valence electrons. The second-order valence-corrected chi connectivity index (χ2v) is 5.18. The zero-order valence-electron chi connectivity index (χ0n) is 10.3. The first-order valence-electron chi connectivity index (χ1n) is 6.10. The highest BCUT2D eigenvalue weighted by Gasteiger charge is 2.25. The molecule has 2 amide bonds. The summed E-state index contributed by atoms with van der Waals surface area (Å²) in [5.41, 5.74) is 0. The molecule has 1 saturated heterocycles. The molecule has 0 aromatic heterocycles. The molecular weight excluding hydrogens is 312 g/mol. The van der Waals surface area contributed by atoms with Crippen LogP contribution < -0.4 is 15.4 Å². The minimum absolute atomic E-state index is 0.200. The van der Waals surface area contributed by atoms with Crippen LogP contribution in [0.1, 0.15) is 12.8 Å². The van der Waals surface area contributed by atoms with Gasteiger partial charge in [-0.1, -0.05) is 15.9 Å². The highest BCUT2D eigenvalue weighted by molar-refractivity contribution is 9.10. The summed E-state index contributed by atoms with van der Waals surface area (Å²) >= 11 is 3.35. The van der Waals surface area contributed by atoms with Crippen molar-refractivity contribution in [3.05, 3.63) is 28.7 Å². The lowest BCUT2D eigenvalue weighted by atomic mass is 10.1. The Morgan fingerprint density at radius 3 is 2.74 bits per heavy atom. The summed E-state index contributed by atoms with van der Waals surface area (Å²) in [7, 11) is 0. The molecule has 0 aliphatic carbocycles. The van der Waals surface area contributed by atoms with Crippen LogP contribution in [0, 0.1) is 0 Å². The molecule has 0 saturated carbocycles. The predicted molar refractivity (Wildman–Crippen MR) is 73.8 cm³/mol. The molecule has 1 aliphatic heterocycles. The Hall–Kier alpha value is -1.40. The van der Waals surface area contributed by atoms with E-state index >= 15 is 0 Å². The molecule has 1 atom stereocenters. The van der Waals surface area contributed by atoms with Gasteiger partial charge in [0.25, 0.3) is 0 Å². The molecule has 2 N–H and O–H groups in total. The van der Waals surface area contributed by atoms with Crippen molar-refractivity contribution in [1.82, 2.24) is 10.6 Å². The molecule has 0 bridgehead atoms. The van der Waals surface area contributed by atoms with Crippen molar-refractivity contribution in [2.75, 3.05) is 13.2 Å². The molecule has 1 aromatic carbocycles. The standard InChI is InChI=1S/C13H15BrN2O3/c14-9-1-3-10(4-2-9)19-8-7-15-11-5-6-12(17)16-13(11)18/h1-4,11,15H,5-8H2,(H,16,17,18). The molecule has 1 aliphatic rings. The van der Waals surface area contributed by atoms with Crippen LogP contribution in [-0.4, -0.2) is 31.0 Å². The van der Waals surface area contributed by atoms with E-state index in [1.54, 1.807) is 0 Å². The average Bonchev–Trinajstić information content (AvgIpc) is 2.39. The van der Waals surface area contributed by atoms with Gasteiger partial charge in [-0.05, 0) is 30.7 Å². The fraction of sp³-hybridized carbons (Fsp3) is 0.385. The summed E-state index contributed by atoms with van der Waals surface area (Å²) < 4.78 is 6.53. The van der Waals surface area contributed by atoms with Crippen LogP contribution in [0.5, 0.6) is 5.75 Å². The van der Waals surface area contributed by atoms with Gasteiger partial charge in [-0.25, -0.2) is 0 Å². The SMILES string of the molecule is O=C1CCC(NCCOc2ccc(Br)cc2)C(=O)N1. The molecule has 19 heavy (non-hydrogen) atoms. The first kappa shape index (κ1) is 14.0. The summed E-state index contributed by atoms with van der Waals surface area (Å²) in [6.45, 7) is 1.03. The van der Waals surface area contributed by atoms with Crippen molar-refractivity contribution < 1.29 is 14.3 Å². The molecule has 1 aromatic rings. The number of imide groups is 1. The zero-order valence-corrected chi connectivity index (χ0v) is 11.9. The van der Waals surface area contributed by atoms with Gasteiger partial charge in [-0.3, -0.25) is 14.9 Å². The number of carbonyl (C=O) groups is 2. The van der Waals surface area contributed by atoms with Gasteiger partial charge in [0.15, 0.2) is 0 Å². The Kier molecular flexibility index (Phi) is 4.93. The van der Waals surface area contributed by atoms with Crippen LogP contribution in [0.15, 0.2) is 28.7 Å². The third-order valence-electron chi connectivity index (χ3n) is 2.81. The summed E-state index contributed by atoms with van der Waals surface area (Å²) in [6, 6.07) is 7.25. The van der Waals surface area contributed by atoms with Gasteiger partial charge in [0, 0.05) is 17.4 Å². The Morgan fingerprint density at radius 2 is 2.05 bits per heavy atom. The monoisotopic (exact) mass is 326 g/mol. The molecular formula is C13H15BrN2O3. The van der Waals surface area contributed by atoms with Gasteiger partial charge in [0.05, 0.1) is 6.04 Å². The summed E-state index contributed by atoms with van der Waals surface area (Å²) in [5, 5.41) is 5.38. The number of hydrogen-bond donors (Lipinski definition) is 2. The van der Waals surface area contributed by atoms with E-state index in [9.17, 15) is 9.59 Å². The van der Waals surface area contributed by atoms with E-state index in [0.717, 1.165) is 10.2 Å². The molecule has 0 radical (unpaired) electrons. The quantitative estimate of drug-likeness (QED) is 0.630. The second kappa shape index (κ2) is 6.68. The van der Waals surface area contributed by atoms with Crippen LogP contribution >= 0.6 is 15.9 Å². The maximum absolute atomic E-state index is 11.5. The Balaban J connectivity index is 1.68. The van der Waals surface area contributed by atoms with E-state index in [1.165, 1.54) is 0 Å². The van der Waals surface area contributed by atoms with Gasteiger partial charge in [0.1, 0.15) is 12.4 Å². The van der Waals surface area contributed by atoms with E-state index in [0.29, 0.717) is 26.0 Å². The van der Waals surface area contributed by atoms with E-state index in [1.807, 2.05) is 24.3 Å². The average molecular weight is 327 g/mol. The Morgan fingerprint density at radius 1 is 1.32 bits per heavy atom. The number of nitrogens with one attached hydrogen (secondary N) is 2. The van der Waals surface area contributed by atoms with Crippen molar-refractivity contribution in [2.45, 2.75) is 18.9 Å². The van der Waals surface area contributed by atoms with Crippen molar-refractivity contribution in [2.24, 2.45) is 0 Å². The topological polar surface area (TPSA) is 67.4 Å². The van der Waals surface area contributed by atoms with Crippen molar-refractivity contribution in [1.29, 1.82) is 0 Å². The van der Waals surface area contributed by atoms with Gasteiger partial charge in [0.2, 0.25) is 11.8 Å². The smallest absolute Gasteiger partial charge is 0.243 e. The lowest BCUT2D eigenvalue weighted by Crippen LogP contribution is -2.51. The number of ether oxygens (including phenoxy) is 1. The Bertz CT molecular complexity index is 461. The number of amides is 2.